The van der Waals surface area contributed by atoms with Crippen molar-refractivity contribution in [2.45, 2.75) is 6.42 Å². The normalized spacial score (nSPS) is 11.0. The van der Waals surface area contributed by atoms with Crippen LogP contribution in [0.25, 0.3) is 28.2 Å². The van der Waals surface area contributed by atoms with Crippen LogP contribution in [0.4, 0.5) is 15.9 Å². The number of nitrogens with zero attached hydrogens (tertiary/aromatic N) is 4. The molecule has 3 heterocycles. The number of nitrogens with one attached hydrogen (secondary N) is 1. The Kier molecular flexibility index (Phi) is 5.77. The summed E-state index contributed by atoms with van der Waals surface area (Å²) in [6, 6.07) is 18.9. The van der Waals surface area contributed by atoms with Crippen molar-refractivity contribution >= 4 is 44.5 Å². The summed E-state index contributed by atoms with van der Waals surface area (Å²) in [5, 5.41) is 2.71. The Morgan fingerprint density at radius 1 is 1.06 bits per heavy atom. The average molecular weight is 517 g/mol. The van der Waals surface area contributed by atoms with Gasteiger partial charge in [0.15, 0.2) is 11.5 Å². The highest BCUT2D eigenvalue weighted by Gasteiger charge is 2.18. The Hall–Kier alpha value is -4.11. The Morgan fingerprint density at radius 2 is 1.88 bits per heavy atom. The molecule has 0 unspecified atom stereocenters. The molecule has 5 rings (SSSR count). The zero-order chi connectivity index (χ0) is 23.7. The number of hydrogen-bond acceptors (Lipinski definition) is 5. The molecule has 1 amide bonds. The van der Waals surface area contributed by atoms with Crippen molar-refractivity contribution in [1.82, 2.24) is 19.5 Å². The molecular weight excluding hydrogens is 499 g/mol. The fourth-order valence-corrected chi connectivity index (χ4v) is 4.01. The second-order valence-electron chi connectivity index (χ2n) is 7.61. The quantitative estimate of drug-likeness (QED) is 0.336. The van der Waals surface area contributed by atoms with Crippen molar-refractivity contribution in [3.63, 3.8) is 0 Å². The highest BCUT2D eigenvalue weighted by atomic mass is 79.9. The molecule has 3 N–H and O–H groups in total. The third-order valence-electron chi connectivity index (χ3n) is 5.21. The molecule has 7 nitrogen and oxygen atoms in total. The van der Waals surface area contributed by atoms with Crippen LogP contribution in [0.2, 0.25) is 0 Å². The fourth-order valence-electron chi connectivity index (χ4n) is 3.69. The van der Waals surface area contributed by atoms with Gasteiger partial charge in [-0.3, -0.25) is 9.36 Å². The number of halogens is 2. The largest absolute Gasteiger partial charge is 0.383 e. The number of fused-ring (bicyclic) bond motifs is 1. The predicted molar refractivity (Wildman–Crippen MR) is 133 cm³/mol. The van der Waals surface area contributed by atoms with Gasteiger partial charge < -0.3 is 11.1 Å². The number of benzene rings is 2. The van der Waals surface area contributed by atoms with Gasteiger partial charge in [0.2, 0.25) is 5.91 Å². The van der Waals surface area contributed by atoms with Gasteiger partial charge >= 0.3 is 0 Å². The molecule has 0 aliphatic rings. The van der Waals surface area contributed by atoms with Crippen LogP contribution in [0.3, 0.4) is 0 Å². The minimum absolute atomic E-state index is 0.148. The highest BCUT2D eigenvalue weighted by molar-refractivity contribution is 9.10. The van der Waals surface area contributed by atoms with Gasteiger partial charge in [-0.1, -0.05) is 18.2 Å². The predicted octanol–water partition coefficient (Wildman–Crippen LogP) is 5.15. The number of pyridine rings is 2. The Labute approximate surface area is 202 Å². The number of aromatic nitrogens is 4. The first kappa shape index (κ1) is 21.7. The first-order chi connectivity index (χ1) is 16.5. The highest BCUT2D eigenvalue weighted by Crippen LogP contribution is 2.31. The summed E-state index contributed by atoms with van der Waals surface area (Å²) in [6.45, 7) is 0. The second kappa shape index (κ2) is 9.03. The molecule has 9 heteroatoms. The monoisotopic (exact) mass is 516 g/mol. The van der Waals surface area contributed by atoms with E-state index in [4.69, 9.17) is 10.7 Å². The topological polar surface area (TPSA) is 98.7 Å². The van der Waals surface area contributed by atoms with E-state index < -0.39 is 5.82 Å². The zero-order valence-corrected chi connectivity index (χ0v) is 19.3. The van der Waals surface area contributed by atoms with Crippen LogP contribution in [0.5, 0.6) is 0 Å². The van der Waals surface area contributed by atoms with Crippen molar-refractivity contribution in [2.24, 2.45) is 0 Å². The van der Waals surface area contributed by atoms with E-state index in [1.165, 1.54) is 12.1 Å². The van der Waals surface area contributed by atoms with Gasteiger partial charge in [-0.25, -0.2) is 19.3 Å². The Balaban J connectivity index is 1.47. The fraction of sp³-hybridized carbons (Fsp3) is 0.0400. The van der Waals surface area contributed by atoms with Crippen LogP contribution in [-0.4, -0.2) is 25.4 Å². The molecule has 0 atom stereocenters. The lowest BCUT2D eigenvalue weighted by Crippen LogP contribution is -2.14. The molecule has 2 aromatic carbocycles. The number of carbonyl (C=O) groups excluding carboxylic acids is 1. The summed E-state index contributed by atoms with van der Waals surface area (Å²) in [4.78, 5) is 25.9. The van der Waals surface area contributed by atoms with Crippen molar-refractivity contribution in [1.29, 1.82) is 0 Å². The summed E-state index contributed by atoms with van der Waals surface area (Å²) in [7, 11) is 0. The lowest BCUT2D eigenvalue weighted by molar-refractivity contribution is -0.115. The van der Waals surface area contributed by atoms with Gasteiger partial charge in [0.05, 0.1) is 12.0 Å². The van der Waals surface area contributed by atoms with E-state index in [9.17, 15) is 9.18 Å². The second-order valence-corrected chi connectivity index (χ2v) is 8.52. The first-order valence-electron chi connectivity index (χ1n) is 10.4. The molecule has 0 aliphatic heterocycles. The maximum Gasteiger partial charge on any atom is 0.228 e. The van der Waals surface area contributed by atoms with Gasteiger partial charge in [-0.05, 0) is 70.0 Å². The summed E-state index contributed by atoms with van der Waals surface area (Å²) in [6.07, 6.45) is 3.49. The van der Waals surface area contributed by atoms with Gasteiger partial charge in [0.1, 0.15) is 17.2 Å². The number of anilines is 2. The molecule has 168 valence electrons. The van der Waals surface area contributed by atoms with E-state index in [0.29, 0.717) is 34.1 Å². The SMILES string of the molecule is Nc1ncccc1-c1nc2cc(Br)cnc2n1-c1ccc(CC(=O)Nc2cccc(F)c2)cc1. The smallest absolute Gasteiger partial charge is 0.228 e. The van der Waals surface area contributed by atoms with Crippen molar-refractivity contribution in [2.75, 3.05) is 11.1 Å². The minimum atomic E-state index is -0.402. The summed E-state index contributed by atoms with van der Waals surface area (Å²) in [5.41, 5.74) is 10.2. The van der Waals surface area contributed by atoms with Gasteiger partial charge in [0.25, 0.3) is 0 Å². The van der Waals surface area contributed by atoms with Crippen LogP contribution >= 0.6 is 15.9 Å². The number of imidazole rings is 1. The summed E-state index contributed by atoms with van der Waals surface area (Å²) < 4.78 is 16.1. The summed E-state index contributed by atoms with van der Waals surface area (Å²) in [5.74, 6) is 0.341. The van der Waals surface area contributed by atoms with Crippen LogP contribution in [0.1, 0.15) is 5.56 Å². The van der Waals surface area contributed by atoms with Crippen molar-refractivity contribution in [3.8, 4) is 17.1 Å². The molecule has 0 aliphatic carbocycles. The van der Waals surface area contributed by atoms with Gasteiger partial charge in [0, 0.05) is 28.2 Å². The third-order valence-corrected chi connectivity index (χ3v) is 5.64. The number of carbonyl (C=O) groups is 1. The maximum absolute atomic E-state index is 13.4. The van der Waals surface area contributed by atoms with E-state index in [0.717, 1.165) is 15.7 Å². The van der Waals surface area contributed by atoms with E-state index in [1.807, 2.05) is 41.0 Å². The first-order valence-corrected chi connectivity index (χ1v) is 11.2. The van der Waals surface area contributed by atoms with E-state index >= 15 is 0 Å². The van der Waals surface area contributed by atoms with E-state index in [2.05, 4.69) is 31.2 Å². The number of hydrogen-bond donors (Lipinski definition) is 2. The maximum atomic E-state index is 13.4. The molecule has 0 saturated heterocycles. The van der Waals surface area contributed by atoms with Gasteiger partial charge in [-0.15, -0.1) is 0 Å². The molecule has 0 fully saturated rings. The van der Waals surface area contributed by atoms with Crippen molar-refractivity contribution in [3.05, 3.63) is 95.0 Å². The molecular formula is C25H18BrFN6O. The Bertz CT molecular complexity index is 1520. The van der Waals surface area contributed by atoms with E-state index in [1.54, 1.807) is 30.6 Å². The molecule has 3 aromatic heterocycles. The van der Waals surface area contributed by atoms with Crippen LogP contribution in [0, 0.1) is 5.82 Å². The number of nitrogen functional groups attached to an aromatic ring is 1. The third kappa shape index (κ3) is 4.38. The standard InChI is InChI=1S/C25H18BrFN6O/c26-16-12-21-25(30-14-16)33(24(32-21)20-5-2-10-29-23(20)28)19-8-6-15(7-9-19)11-22(34)31-18-4-1-3-17(27)13-18/h1-10,12-14H,11H2,(H2,28,29)(H,31,34). The molecule has 5 aromatic rings. The average Bonchev–Trinajstić information content (AvgIpc) is 3.18. The Morgan fingerprint density at radius 3 is 2.65 bits per heavy atom. The van der Waals surface area contributed by atoms with Crippen LogP contribution in [-0.2, 0) is 11.2 Å². The lowest BCUT2D eigenvalue weighted by atomic mass is 10.1. The molecule has 0 saturated carbocycles. The van der Waals surface area contributed by atoms with E-state index in [-0.39, 0.29) is 12.3 Å². The number of rotatable bonds is 5. The zero-order valence-electron chi connectivity index (χ0n) is 17.7. The van der Waals surface area contributed by atoms with Crippen LogP contribution < -0.4 is 11.1 Å². The number of nitrogens with two attached hydrogens (primary N) is 1. The molecule has 0 bridgehead atoms. The molecule has 0 spiro atoms. The molecule has 34 heavy (non-hydrogen) atoms. The number of amides is 1. The lowest BCUT2D eigenvalue weighted by Gasteiger charge is -2.11. The molecule has 0 radical (unpaired) electrons. The summed E-state index contributed by atoms with van der Waals surface area (Å²) >= 11 is 3.45. The van der Waals surface area contributed by atoms with Crippen molar-refractivity contribution < 1.29 is 9.18 Å². The van der Waals surface area contributed by atoms with Crippen LogP contribution in [0.15, 0.2) is 83.6 Å². The van der Waals surface area contributed by atoms with Gasteiger partial charge in [-0.2, -0.15) is 0 Å². The minimum Gasteiger partial charge on any atom is -0.383 e.